The van der Waals surface area contributed by atoms with Gasteiger partial charge in [-0.1, -0.05) is 42.5 Å². The van der Waals surface area contributed by atoms with Gasteiger partial charge in [-0.3, -0.25) is 4.79 Å². The lowest BCUT2D eigenvalue weighted by molar-refractivity contribution is -0.132. The molecule has 25 heavy (non-hydrogen) atoms. The Hall–Kier alpha value is -3.02. The van der Waals surface area contributed by atoms with Crippen molar-refractivity contribution in [1.29, 1.82) is 0 Å². The second-order valence-corrected chi connectivity index (χ2v) is 6.08. The van der Waals surface area contributed by atoms with Crippen molar-refractivity contribution in [2.45, 2.75) is 19.5 Å². The first-order valence-electron chi connectivity index (χ1n) is 8.20. The Labute approximate surface area is 144 Å². The van der Waals surface area contributed by atoms with Crippen LogP contribution < -0.4 is 0 Å². The Morgan fingerprint density at radius 1 is 1.00 bits per heavy atom. The lowest BCUT2D eigenvalue weighted by Crippen LogP contribution is -2.39. The smallest absolute Gasteiger partial charge is 0.227 e. The highest BCUT2D eigenvalue weighted by Crippen LogP contribution is 2.21. The van der Waals surface area contributed by atoms with Crippen molar-refractivity contribution in [1.82, 2.24) is 19.7 Å². The number of fused-ring (bicyclic) bond motifs is 1. The number of benzene rings is 2. The highest BCUT2D eigenvalue weighted by molar-refractivity contribution is 5.78. The van der Waals surface area contributed by atoms with E-state index < -0.39 is 0 Å². The zero-order valence-electron chi connectivity index (χ0n) is 13.6. The van der Waals surface area contributed by atoms with Crippen molar-refractivity contribution < 1.29 is 9.18 Å². The molecule has 126 valence electrons. The maximum atomic E-state index is 13.0. The molecule has 3 aromatic rings. The van der Waals surface area contributed by atoms with E-state index in [4.69, 9.17) is 0 Å². The standard InChI is InChI=1S/C19H17FN4O/c20-16-8-6-14(7-9-16)12-18(25)23-10-11-24-17(13-23)21-22-19(24)15-4-2-1-3-5-15/h1-9H,10-13H2. The van der Waals surface area contributed by atoms with Crippen LogP contribution in [-0.2, 0) is 24.3 Å². The first-order valence-corrected chi connectivity index (χ1v) is 8.20. The molecule has 1 aliphatic heterocycles. The molecule has 0 spiro atoms. The summed E-state index contributed by atoms with van der Waals surface area (Å²) in [6.07, 6.45) is 0.264. The van der Waals surface area contributed by atoms with Crippen molar-refractivity contribution in [3.8, 4) is 11.4 Å². The van der Waals surface area contributed by atoms with Crippen LogP contribution in [0.25, 0.3) is 11.4 Å². The van der Waals surface area contributed by atoms with Crippen LogP contribution >= 0.6 is 0 Å². The molecule has 0 unspecified atom stereocenters. The SMILES string of the molecule is O=C(Cc1ccc(F)cc1)N1CCn2c(nnc2-c2ccccc2)C1. The van der Waals surface area contributed by atoms with Crippen LogP contribution in [0.3, 0.4) is 0 Å². The van der Waals surface area contributed by atoms with Crippen molar-refractivity contribution in [2.75, 3.05) is 6.54 Å². The molecule has 0 fully saturated rings. The van der Waals surface area contributed by atoms with Gasteiger partial charge in [-0.15, -0.1) is 10.2 Å². The number of hydrogen-bond acceptors (Lipinski definition) is 3. The van der Waals surface area contributed by atoms with E-state index in [-0.39, 0.29) is 18.1 Å². The van der Waals surface area contributed by atoms with E-state index in [9.17, 15) is 9.18 Å². The molecule has 0 saturated heterocycles. The summed E-state index contributed by atoms with van der Waals surface area (Å²) < 4.78 is 15.0. The average Bonchev–Trinajstić information content (AvgIpc) is 3.07. The van der Waals surface area contributed by atoms with E-state index in [1.165, 1.54) is 12.1 Å². The van der Waals surface area contributed by atoms with Crippen LogP contribution in [0.15, 0.2) is 54.6 Å². The normalized spacial score (nSPS) is 13.6. The first-order chi connectivity index (χ1) is 12.2. The summed E-state index contributed by atoms with van der Waals surface area (Å²) in [5.74, 6) is 1.34. The predicted molar refractivity (Wildman–Crippen MR) is 91.0 cm³/mol. The van der Waals surface area contributed by atoms with Gasteiger partial charge in [0, 0.05) is 18.7 Å². The third-order valence-electron chi connectivity index (χ3n) is 4.41. The number of carbonyl (C=O) groups excluding carboxylic acids is 1. The van der Waals surface area contributed by atoms with E-state index in [0.29, 0.717) is 19.6 Å². The Bertz CT molecular complexity index is 890. The summed E-state index contributed by atoms with van der Waals surface area (Å²) in [5.41, 5.74) is 1.83. The number of rotatable bonds is 3. The largest absolute Gasteiger partial charge is 0.333 e. The van der Waals surface area contributed by atoms with E-state index >= 15 is 0 Å². The second kappa shape index (κ2) is 6.47. The molecule has 2 heterocycles. The van der Waals surface area contributed by atoms with E-state index in [0.717, 1.165) is 22.8 Å². The Balaban J connectivity index is 1.49. The fourth-order valence-electron chi connectivity index (χ4n) is 3.06. The van der Waals surface area contributed by atoms with Crippen molar-refractivity contribution >= 4 is 5.91 Å². The van der Waals surface area contributed by atoms with Crippen molar-refractivity contribution in [3.05, 3.63) is 71.8 Å². The highest BCUT2D eigenvalue weighted by atomic mass is 19.1. The fourth-order valence-corrected chi connectivity index (χ4v) is 3.06. The maximum absolute atomic E-state index is 13.0. The zero-order chi connectivity index (χ0) is 17.2. The van der Waals surface area contributed by atoms with Crippen molar-refractivity contribution in [2.24, 2.45) is 0 Å². The molecule has 1 aromatic heterocycles. The molecule has 4 rings (SSSR count). The molecular formula is C19H17FN4O. The molecule has 1 amide bonds. The lowest BCUT2D eigenvalue weighted by atomic mass is 10.1. The molecule has 0 radical (unpaired) electrons. The average molecular weight is 336 g/mol. The third-order valence-corrected chi connectivity index (χ3v) is 4.41. The minimum Gasteiger partial charge on any atom is -0.333 e. The van der Waals surface area contributed by atoms with Crippen LogP contribution in [0.1, 0.15) is 11.4 Å². The minimum absolute atomic E-state index is 0.0159. The monoisotopic (exact) mass is 336 g/mol. The number of amides is 1. The molecule has 6 heteroatoms. The molecule has 0 N–H and O–H groups in total. The molecule has 0 bridgehead atoms. The summed E-state index contributed by atoms with van der Waals surface area (Å²) in [6, 6.07) is 16.0. The summed E-state index contributed by atoms with van der Waals surface area (Å²) in [4.78, 5) is 14.3. The number of hydrogen-bond donors (Lipinski definition) is 0. The Morgan fingerprint density at radius 3 is 2.52 bits per heavy atom. The van der Waals surface area contributed by atoms with Crippen LogP contribution in [0.2, 0.25) is 0 Å². The quantitative estimate of drug-likeness (QED) is 0.739. The van der Waals surface area contributed by atoms with Crippen LogP contribution in [0.4, 0.5) is 4.39 Å². The minimum atomic E-state index is -0.296. The van der Waals surface area contributed by atoms with E-state index in [1.807, 2.05) is 30.3 Å². The fraction of sp³-hybridized carbons (Fsp3) is 0.211. The highest BCUT2D eigenvalue weighted by Gasteiger charge is 2.24. The van der Waals surface area contributed by atoms with Gasteiger partial charge in [0.25, 0.3) is 0 Å². The lowest BCUT2D eigenvalue weighted by Gasteiger charge is -2.28. The summed E-state index contributed by atoms with van der Waals surface area (Å²) in [6.45, 7) is 1.73. The van der Waals surface area contributed by atoms with Gasteiger partial charge in [0.1, 0.15) is 5.82 Å². The van der Waals surface area contributed by atoms with Gasteiger partial charge in [-0.05, 0) is 17.7 Å². The van der Waals surface area contributed by atoms with Crippen molar-refractivity contribution in [3.63, 3.8) is 0 Å². The molecule has 0 saturated carbocycles. The van der Waals surface area contributed by atoms with Gasteiger partial charge in [-0.25, -0.2) is 4.39 Å². The second-order valence-electron chi connectivity index (χ2n) is 6.08. The first kappa shape index (κ1) is 15.5. The van der Waals surface area contributed by atoms with Gasteiger partial charge >= 0.3 is 0 Å². The predicted octanol–water partition coefficient (Wildman–Crippen LogP) is 2.67. The topological polar surface area (TPSA) is 51.0 Å². The molecule has 5 nitrogen and oxygen atoms in total. The van der Waals surface area contributed by atoms with Gasteiger partial charge < -0.3 is 9.47 Å². The van der Waals surface area contributed by atoms with E-state index in [2.05, 4.69) is 14.8 Å². The number of nitrogens with zero attached hydrogens (tertiary/aromatic N) is 4. The van der Waals surface area contributed by atoms with E-state index in [1.54, 1.807) is 17.0 Å². The van der Waals surface area contributed by atoms with Gasteiger partial charge in [0.15, 0.2) is 11.6 Å². The number of carbonyl (C=O) groups is 1. The van der Waals surface area contributed by atoms with Crippen LogP contribution in [0.5, 0.6) is 0 Å². The number of halogens is 1. The van der Waals surface area contributed by atoms with Gasteiger partial charge in [0.2, 0.25) is 5.91 Å². The van der Waals surface area contributed by atoms with Gasteiger partial charge in [0.05, 0.1) is 13.0 Å². The summed E-state index contributed by atoms with van der Waals surface area (Å²) >= 11 is 0. The summed E-state index contributed by atoms with van der Waals surface area (Å²) in [7, 11) is 0. The Morgan fingerprint density at radius 2 is 1.76 bits per heavy atom. The summed E-state index contributed by atoms with van der Waals surface area (Å²) in [5, 5.41) is 8.54. The molecular weight excluding hydrogens is 319 g/mol. The third kappa shape index (κ3) is 3.15. The van der Waals surface area contributed by atoms with Crippen LogP contribution in [0, 0.1) is 5.82 Å². The molecule has 0 atom stereocenters. The maximum Gasteiger partial charge on any atom is 0.227 e. The molecule has 0 aliphatic carbocycles. The molecule has 1 aliphatic rings. The molecule has 2 aromatic carbocycles. The Kier molecular flexibility index (Phi) is 4.01. The van der Waals surface area contributed by atoms with Gasteiger partial charge in [-0.2, -0.15) is 0 Å². The number of aromatic nitrogens is 3. The zero-order valence-corrected chi connectivity index (χ0v) is 13.6. The van der Waals surface area contributed by atoms with Crippen LogP contribution in [-0.4, -0.2) is 32.1 Å².